The summed E-state index contributed by atoms with van der Waals surface area (Å²) >= 11 is 0. The highest BCUT2D eigenvalue weighted by Crippen LogP contribution is 2.32. The Labute approximate surface area is 196 Å². The molecule has 11 nitrogen and oxygen atoms in total. The lowest BCUT2D eigenvalue weighted by atomic mass is 10.1. The minimum atomic E-state index is -0.805. The monoisotopic (exact) mass is 473 g/mol. The zero-order valence-electron chi connectivity index (χ0n) is 19.2. The number of hydrogen-bond donors (Lipinski definition) is 2. The summed E-state index contributed by atoms with van der Waals surface area (Å²) in [6.45, 7) is 3.21. The second-order valence-electron chi connectivity index (χ2n) is 7.21. The molecule has 0 atom stereocenters. The van der Waals surface area contributed by atoms with Crippen molar-refractivity contribution in [3.8, 4) is 11.5 Å². The molecule has 34 heavy (non-hydrogen) atoms. The number of esters is 1. The summed E-state index contributed by atoms with van der Waals surface area (Å²) in [5.41, 5.74) is 0.815. The van der Waals surface area contributed by atoms with Crippen molar-refractivity contribution in [2.24, 2.45) is 0 Å². The van der Waals surface area contributed by atoms with Gasteiger partial charge in [0.2, 0.25) is 0 Å². The molecule has 0 aliphatic rings. The van der Waals surface area contributed by atoms with E-state index in [0.717, 1.165) is 12.8 Å². The first-order valence-corrected chi connectivity index (χ1v) is 10.5. The van der Waals surface area contributed by atoms with Crippen LogP contribution in [0.4, 0.5) is 11.4 Å². The van der Waals surface area contributed by atoms with E-state index in [1.54, 1.807) is 31.2 Å². The number of carbonyl (C=O) groups excluding carboxylic acids is 3. The molecule has 2 N–H and O–H groups in total. The molecule has 0 bridgehead atoms. The lowest BCUT2D eigenvalue weighted by Crippen LogP contribution is -2.32. The standard InChI is InChI=1S/C23H27N3O8/c1-4-5-10-33-17-8-6-16(7-9-17)23(29)24-13-22(28)34-14-21(27)25-18-12-20(32-3)19(26(30)31)11-15(18)2/h6-9,11-12H,4-5,10,13-14H2,1-3H3,(H,24,29)(H,25,27). The number of benzene rings is 2. The summed E-state index contributed by atoms with van der Waals surface area (Å²) in [7, 11) is 1.27. The topological polar surface area (TPSA) is 146 Å². The number of hydrogen-bond acceptors (Lipinski definition) is 8. The third-order valence-corrected chi connectivity index (χ3v) is 4.64. The van der Waals surface area contributed by atoms with Gasteiger partial charge in [0.25, 0.3) is 11.8 Å². The van der Waals surface area contributed by atoms with Gasteiger partial charge in [-0.15, -0.1) is 0 Å². The summed E-state index contributed by atoms with van der Waals surface area (Å²) in [5, 5.41) is 16.0. The maximum atomic E-state index is 12.2. The van der Waals surface area contributed by atoms with E-state index in [1.165, 1.54) is 19.2 Å². The van der Waals surface area contributed by atoms with Crippen molar-refractivity contribution >= 4 is 29.2 Å². The molecular formula is C23H27N3O8. The Morgan fingerprint density at radius 2 is 1.82 bits per heavy atom. The van der Waals surface area contributed by atoms with Crippen LogP contribution in [0, 0.1) is 17.0 Å². The highest BCUT2D eigenvalue weighted by atomic mass is 16.6. The molecule has 2 rings (SSSR count). The molecule has 0 aromatic heterocycles. The van der Waals surface area contributed by atoms with Crippen LogP contribution in [0.2, 0.25) is 0 Å². The largest absolute Gasteiger partial charge is 0.494 e. The molecular weight excluding hydrogens is 446 g/mol. The van der Waals surface area contributed by atoms with E-state index in [1.807, 2.05) is 0 Å². The van der Waals surface area contributed by atoms with Gasteiger partial charge < -0.3 is 24.8 Å². The van der Waals surface area contributed by atoms with Crippen molar-refractivity contribution in [3.63, 3.8) is 0 Å². The summed E-state index contributed by atoms with van der Waals surface area (Å²) in [6, 6.07) is 9.07. The fourth-order valence-corrected chi connectivity index (χ4v) is 2.79. The van der Waals surface area contributed by atoms with Crippen molar-refractivity contribution in [2.45, 2.75) is 26.7 Å². The third kappa shape index (κ3) is 7.76. The van der Waals surface area contributed by atoms with Crippen LogP contribution in [-0.2, 0) is 14.3 Å². The van der Waals surface area contributed by atoms with E-state index in [0.29, 0.717) is 23.5 Å². The van der Waals surface area contributed by atoms with Crippen molar-refractivity contribution in [2.75, 3.05) is 32.2 Å². The number of aryl methyl sites for hydroxylation is 1. The molecule has 11 heteroatoms. The maximum absolute atomic E-state index is 12.2. The van der Waals surface area contributed by atoms with Crippen LogP contribution in [0.25, 0.3) is 0 Å². The van der Waals surface area contributed by atoms with Gasteiger partial charge >= 0.3 is 11.7 Å². The van der Waals surface area contributed by atoms with Crippen molar-refractivity contribution in [3.05, 3.63) is 57.6 Å². The second kappa shape index (κ2) is 12.8. The number of anilines is 1. The van der Waals surface area contributed by atoms with Gasteiger partial charge in [0, 0.05) is 23.4 Å². The van der Waals surface area contributed by atoms with Crippen molar-refractivity contribution in [1.29, 1.82) is 0 Å². The third-order valence-electron chi connectivity index (χ3n) is 4.64. The predicted octanol–water partition coefficient (Wildman–Crippen LogP) is 3.00. The van der Waals surface area contributed by atoms with Gasteiger partial charge in [-0.05, 0) is 43.2 Å². The first kappa shape index (κ1) is 26.1. The average molecular weight is 473 g/mol. The number of nitro groups is 1. The molecule has 0 saturated carbocycles. The number of rotatable bonds is 12. The Hall–Kier alpha value is -4.15. The summed E-state index contributed by atoms with van der Waals surface area (Å²) in [4.78, 5) is 46.6. The van der Waals surface area contributed by atoms with Gasteiger partial charge in [-0.2, -0.15) is 0 Å². The Morgan fingerprint density at radius 3 is 2.44 bits per heavy atom. The zero-order chi connectivity index (χ0) is 25.1. The molecule has 0 fully saturated rings. The van der Waals surface area contributed by atoms with Gasteiger partial charge in [-0.25, -0.2) is 0 Å². The van der Waals surface area contributed by atoms with Crippen LogP contribution in [0.15, 0.2) is 36.4 Å². The smallest absolute Gasteiger partial charge is 0.325 e. The van der Waals surface area contributed by atoms with E-state index in [9.17, 15) is 24.5 Å². The fraction of sp³-hybridized carbons (Fsp3) is 0.348. The Morgan fingerprint density at radius 1 is 1.12 bits per heavy atom. The van der Waals surface area contributed by atoms with Gasteiger partial charge in [0.15, 0.2) is 12.4 Å². The Bertz CT molecular complexity index is 1040. The minimum absolute atomic E-state index is 0.0221. The van der Waals surface area contributed by atoms with Crippen molar-refractivity contribution < 1.29 is 33.5 Å². The normalized spacial score (nSPS) is 10.2. The van der Waals surface area contributed by atoms with Gasteiger partial charge in [-0.1, -0.05) is 13.3 Å². The SMILES string of the molecule is CCCCOc1ccc(C(=O)NCC(=O)OCC(=O)Nc2cc(OC)c([N+](=O)[O-])cc2C)cc1. The lowest BCUT2D eigenvalue weighted by molar-refractivity contribution is -0.385. The van der Waals surface area contributed by atoms with Crippen LogP contribution < -0.4 is 20.1 Å². The van der Waals surface area contributed by atoms with E-state index in [-0.39, 0.29) is 17.1 Å². The van der Waals surface area contributed by atoms with E-state index >= 15 is 0 Å². The van der Waals surface area contributed by atoms with Crippen LogP contribution in [0.5, 0.6) is 11.5 Å². The molecule has 0 spiro atoms. The molecule has 2 amide bonds. The molecule has 0 aliphatic heterocycles. The van der Waals surface area contributed by atoms with Crippen LogP contribution in [-0.4, -0.2) is 49.6 Å². The molecule has 182 valence electrons. The van der Waals surface area contributed by atoms with Gasteiger partial charge in [0.1, 0.15) is 12.3 Å². The number of unbranched alkanes of at least 4 members (excludes halogenated alkanes) is 1. The molecule has 0 heterocycles. The highest BCUT2D eigenvalue weighted by molar-refractivity contribution is 5.97. The molecule has 0 aliphatic carbocycles. The number of ether oxygens (including phenoxy) is 3. The predicted molar refractivity (Wildman–Crippen MR) is 123 cm³/mol. The van der Waals surface area contributed by atoms with Crippen molar-refractivity contribution in [1.82, 2.24) is 5.32 Å². The highest BCUT2D eigenvalue weighted by Gasteiger charge is 2.19. The number of amides is 2. The number of nitrogens with zero attached hydrogens (tertiary/aromatic N) is 1. The molecule has 0 saturated heterocycles. The summed E-state index contributed by atoms with van der Waals surface area (Å²) in [6.07, 6.45) is 1.95. The Kier molecular flexibility index (Phi) is 9.81. The van der Waals surface area contributed by atoms with E-state index in [2.05, 4.69) is 17.6 Å². The molecule has 0 unspecified atom stereocenters. The average Bonchev–Trinajstić information content (AvgIpc) is 2.82. The first-order chi connectivity index (χ1) is 16.2. The van der Waals surface area contributed by atoms with E-state index in [4.69, 9.17) is 14.2 Å². The minimum Gasteiger partial charge on any atom is -0.494 e. The fourth-order valence-electron chi connectivity index (χ4n) is 2.79. The summed E-state index contributed by atoms with van der Waals surface area (Å²) < 4.78 is 15.4. The zero-order valence-corrected chi connectivity index (χ0v) is 19.2. The number of nitro benzene ring substituents is 1. The van der Waals surface area contributed by atoms with Crippen LogP contribution in [0.3, 0.4) is 0 Å². The second-order valence-corrected chi connectivity index (χ2v) is 7.21. The lowest BCUT2D eigenvalue weighted by Gasteiger charge is -2.11. The van der Waals surface area contributed by atoms with E-state index < -0.39 is 35.9 Å². The molecule has 2 aromatic carbocycles. The molecule has 2 aromatic rings. The quantitative estimate of drug-likeness (QED) is 0.207. The number of methoxy groups -OCH3 is 1. The van der Waals surface area contributed by atoms with Crippen LogP contribution in [0.1, 0.15) is 35.7 Å². The van der Waals surface area contributed by atoms with Crippen LogP contribution >= 0.6 is 0 Å². The number of nitrogens with one attached hydrogen (secondary N) is 2. The molecule has 0 radical (unpaired) electrons. The maximum Gasteiger partial charge on any atom is 0.325 e. The summed E-state index contributed by atoms with van der Waals surface area (Å²) in [5.74, 6) is -1.31. The number of carbonyl (C=O) groups is 3. The first-order valence-electron chi connectivity index (χ1n) is 10.5. The Balaban J connectivity index is 1.80. The van der Waals surface area contributed by atoms with Gasteiger partial charge in [0.05, 0.1) is 18.6 Å². The van der Waals surface area contributed by atoms with Gasteiger partial charge in [-0.3, -0.25) is 24.5 Å².